The summed E-state index contributed by atoms with van der Waals surface area (Å²) in [7, 11) is -2.23. The van der Waals surface area contributed by atoms with Crippen molar-refractivity contribution in [2.75, 3.05) is 13.2 Å². The topological polar surface area (TPSA) is 88.1 Å². The Kier molecular flexibility index (Phi) is 10.7. The van der Waals surface area contributed by atoms with Gasteiger partial charge in [0.1, 0.15) is 0 Å². The minimum Gasteiger partial charge on any atom is -0.466 e. The summed E-state index contributed by atoms with van der Waals surface area (Å²) in [5, 5.41) is -0.0948. The molecule has 0 radical (unpaired) electrons. The van der Waals surface area contributed by atoms with E-state index in [4.69, 9.17) is 9.16 Å². The first-order chi connectivity index (χ1) is 11.9. The average Bonchev–Trinajstić information content (AvgIpc) is 2.45. The molecule has 0 aromatic rings. The van der Waals surface area contributed by atoms with Gasteiger partial charge in [-0.05, 0) is 31.5 Å². The van der Waals surface area contributed by atoms with E-state index >= 15 is 0 Å². The summed E-state index contributed by atoms with van der Waals surface area (Å²) in [6, 6.07) is 0. The van der Waals surface area contributed by atoms with Crippen LogP contribution in [0.5, 0.6) is 0 Å². The lowest BCUT2D eigenvalue weighted by Crippen LogP contribution is -2.45. The highest BCUT2D eigenvalue weighted by atomic mass is 28.4. The average molecular weight is 391 g/mol. The predicted molar refractivity (Wildman–Crippen MR) is 100 cm³/mol. The van der Waals surface area contributed by atoms with E-state index in [1.807, 2.05) is 20.0 Å². The first-order valence-electron chi connectivity index (χ1n) is 9.13. The third-order valence-corrected chi connectivity index (χ3v) is 8.81. The van der Waals surface area contributed by atoms with Crippen LogP contribution in [-0.4, -0.2) is 45.7 Å². The van der Waals surface area contributed by atoms with E-state index in [1.165, 1.54) is 0 Å². The Balaban J connectivity index is 4.95. The summed E-state index contributed by atoms with van der Waals surface area (Å²) in [4.78, 5) is 35.3. The Morgan fingerprint density at radius 3 is 2.04 bits per heavy atom. The van der Waals surface area contributed by atoms with Crippen LogP contribution < -0.4 is 0 Å². The third-order valence-electron chi connectivity index (χ3n) is 4.28. The van der Waals surface area contributed by atoms with Crippen molar-refractivity contribution in [2.24, 2.45) is 0 Å². The highest BCUT2D eigenvalue weighted by molar-refractivity contribution is 6.74. The number of rotatable bonds is 10. The van der Waals surface area contributed by atoms with E-state index < -0.39 is 32.5 Å². The summed E-state index contributed by atoms with van der Waals surface area (Å²) in [5.74, 6) is -1.21. The number of carbonyl (C=O) groups excluding carboxylic acids is 3. The Hall–Kier alpha value is -1.41. The number of hydrogen-bond donors (Lipinski definition) is 0. The smallest absolute Gasteiger partial charge is 0.466 e. The molecule has 0 unspecified atom stereocenters. The molecule has 0 saturated heterocycles. The number of unbranched alkanes of at least 4 members (excludes halogenated alkanes) is 1. The van der Waals surface area contributed by atoms with Crippen molar-refractivity contribution in [1.82, 2.24) is 0 Å². The fraction of sp³-hybridized carbons (Fsp3) is 0.833. The van der Waals surface area contributed by atoms with Crippen LogP contribution in [0, 0.1) is 0 Å². The van der Waals surface area contributed by atoms with Crippen LogP contribution in [0.25, 0.3) is 0 Å². The molecular formula is C18H34O7Si. The van der Waals surface area contributed by atoms with Crippen LogP contribution in [0.1, 0.15) is 60.3 Å². The molecule has 8 heteroatoms. The van der Waals surface area contributed by atoms with Gasteiger partial charge in [0.25, 0.3) is 0 Å². The van der Waals surface area contributed by atoms with Gasteiger partial charge in [0.15, 0.2) is 8.32 Å². The quantitative estimate of drug-likeness (QED) is 0.239. The number of hydrogen-bond acceptors (Lipinski definition) is 7. The van der Waals surface area contributed by atoms with Crippen molar-refractivity contribution in [3.8, 4) is 0 Å². The van der Waals surface area contributed by atoms with Gasteiger partial charge in [0, 0.05) is 0 Å². The fourth-order valence-corrected chi connectivity index (χ4v) is 3.15. The number of esters is 2. The van der Waals surface area contributed by atoms with Crippen LogP contribution in [0.4, 0.5) is 4.79 Å². The molecule has 0 spiro atoms. The summed E-state index contributed by atoms with van der Waals surface area (Å²) in [6.45, 7) is 14.3. The zero-order chi connectivity index (χ0) is 20.4. The zero-order valence-corrected chi connectivity index (χ0v) is 18.2. The predicted octanol–water partition coefficient (Wildman–Crippen LogP) is 4.20. The van der Waals surface area contributed by atoms with Crippen molar-refractivity contribution in [1.29, 1.82) is 0 Å². The molecule has 152 valence electrons. The molecule has 0 aliphatic heterocycles. The lowest BCUT2D eigenvalue weighted by molar-refractivity contribution is -0.147. The molecule has 26 heavy (non-hydrogen) atoms. The fourth-order valence-electron chi connectivity index (χ4n) is 1.79. The van der Waals surface area contributed by atoms with E-state index in [9.17, 15) is 14.4 Å². The molecule has 0 aliphatic carbocycles. The molecule has 0 amide bonds. The Morgan fingerprint density at radius 2 is 1.54 bits per heavy atom. The van der Waals surface area contributed by atoms with Gasteiger partial charge in [-0.1, -0.05) is 34.1 Å². The van der Waals surface area contributed by atoms with Gasteiger partial charge < -0.3 is 18.6 Å². The summed E-state index contributed by atoms with van der Waals surface area (Å²) < 4.78 is 20.5. The Morgan fingerprint density at radius 1 is 0.962 bits per heavy atom. The minimum absolute atomic E-state index is 0.0614. The third kappa shape index (κ3) is 9.91. The molecule has 7 nitrogen and oxygen atoms in total. The van der Waals surface area contributed by atoms with Crippen LogP contribution >= 0.6 is 0 Å². The SMILES string of the molecule is CCCCOC(=O)C[C@@H](CC(=O)OC(=O)OCC)O[Si](C)(C)C(C)(C)C. The monoisotopic (exact) mass is 390 g/mol. The second-order valence-corrected chi connectivity index (χ2v) is 12.4. The minimum atomic E-state index is -2.23. The highest BCUT2D eigenvalue weighted by Gasteiger charge is 2.40. The summed E-state index contributed by atoms with van der Waals surface area (Å²) in [6.07, 6.45) is -0.323. The van der Waals surface area contributed by atoms with Crippen LogP contribution in [0.3, 0.4) is 0 Å². The molecule has 0 rings (SSSR count). The van der Waals surface area contributed by atoms with E-state index in [0.29, 0.717) is 6.61 Å². The van der Waals surface area contributed by atoms with Gasteiger partial charge in [-0.2, -0.15) is 0 Å². The number of ether oxygens (including phenoxy) is 3. The summed E-state index contributed by atoms with van der Waals surface area (Å²) in [5.41, 5.74) is 0. The molecule has 0 bridgehead atoms. The molecule has 0 aromatic carbocycles. The molecule has 0 heterocycles. The second-order valence-electron chi connectivity index (χ2n) is 7.64. The van der Waals surface area contributed by atoms with Gasteiger partial charge >= 0.3 is 18.1 Å². The number of carbonyl (C=O) groups is 3. The molecule has 0 aromatic heterocycles. The molecule has 0 N–H and O–H groups in total. The maximum atomic E-state index is 12.0. The van der Waals surface area contributed by atoms with Gasteiger partial charge in [-0.3, -0.25) is 9.59 Å². The van der Waals surface area contributed by atoms with Gasteiger partial charge in [-0.25, -0.2) is 4.79 Å². The van der Waals surface area contributed by atoms with Crippen molar-refractivity contribution < 1.29 is 33.0 Å². The molecule has 1 atom stereocenters. The van der Waals surface area contributed by atoms with Gasteiger partial charge in [0.2, 0.25) is 0 Å². The lowest BCUT2D eigenvalue weighted by atomic mass is 10.2. The van der Waals surface area contributed by atoms with Crippen LogP contribution in [-0.2, 0) is 28.2 Å². The largest absolute Gasteiger partial charge is 0.516 e. The standard InChI is InChI=1S/C18H34O7Si/c1-8-10-11-23-15(19)12-14(25-26(6,7)18(3,4)5)13-16(20)24-17(21)22-9-2/h14H,8-13H2,1-7H3/t14-/m0/s1. The normalized spacial score (nSPS) is 13.0. The Bertz CT molecular complexity index is 469. The van der Waals surface area contributed by atoms with Crippen molar-refractivity contribution in [3.05, 3.63) is 0 Å². The first-order valence-corrected chi connectivity index (χ1v) is 12.0. The maximum Gasteiger partial charge on any atom is 0.516 e. The van der Waals surface area contributed by atoms with Crippen molar-refractivity contribution >= 4 is 26.4 Å². The molecule has 0 saturated carbocycles. The van der Waals surface area contributed by atoms with E-state index in [1.54, 1.807) is 6.92 Å². The lowest BCUT2D eigenvalue weighted by Gasteiger charge is -2.38. The molecular weight excluding hydrogens is 356 g/mol. The first kappa shape index (κ1) is 24.6. The van der Waals surface area contributed by atoms with Crippen LogP contribution in [0.15, 0.2) is 0 Å². The zero-order valence-electron chi connectivity index (χ0n) is 17.2. The van der Waals surface area contributed by atoms with E-state index in [2.05, 4.69) is 30.2 Å². The van der Waals surface area contributed by atoms with E-state index in [-0.39, 0.29) is 24.5 Å². The van der Waals surface area contributed by atoms with Gasteiger partial charge in [0.05, 0.1) is 32.2 Å². The highest BCUT2D eigenvalue weighted by Crippen LogP contribution is 2.38. The van der Waals surface area contributed by atoms with Crippen molar-refractivity contribution in [2.45, 2.75) is 84.5 Å². The Labute approximate surface area is 157 Å². The van der Waals surface area contributed by atoms with Crippen molar-refractivity contribution in [3.63, 3.8) is 0 Å². The van der Waals surface area contributed by atoms with E-state index in [0.717, 1.165) is 12.8 Å². The molecule has 0 fully saturated rings. The van der Waals surface area contributed by atoms with Crippen LogP contribution in [0.2, 0.25) is 18.1 Å². The summed E-state index contributed by atoms with van der Waals surface area (Å²) >= 11 is 0. The molecule has 0 aliphatic rings. The second kappa shape index (κ2) is 11.3. The maximum absolute atomic E-state index is 12.0. The van der Waals surface area contributed by atoms with Gasteiger partial charge in [-0.15, -0.1) is 0 Å².